The largest absolute Gasteiger partial charge is 0.457 e. The number of ether oxygens (including phenoxy) is 1. The standard InChI is InChI=1S/C21H23N3O3/c25-20(16-7-8-16)23-11-4-12-24(14-13-23)21(26)19-15-18(9-10-22-19)27-17-5-2-1-3-6-17/h1-3,5-6,9-10,15-16H,4,7-8,11-14H2. The van der Waals surface area contributed by atoms with Crippen LogP contribution in [0.1, 0.15) is 29.8 Å². The van der Waals surface area contributed by atoms with Gasteiger partial charge in [-0.2, -0.15) is 0 Å². The number of pyridine rings is 1. The van der Waals surface area contributed by atoms with E-state index in [0.717, 1.165) is 25.8 Å². The zero-order chi connectivity index (χ0) is 18.6. The summed E-state index contributed by atoms with van der Waals surface area (Å²) in [6.45, 7) is 2.51. The number of hydrogen-bond donors (Lipinski definition) is 0. The molecule has 2 heterocycles. The van der Waals surface area contributed by atoms with Gasteiger partial charge in [0.15, 0.2) is 0 Å². The summed E-state index contributed by atoms with van der Waals surface area (Å²) in [7, 11) is 0. The average Bonchev–Trinajstić information content (AvgIpc) is 3.55. The van der Waals surface area contributed by atoms with Gasteiger partial charge in [0.05, 0.1) is 0 Å². The molecule has 0 N–H and O–H groups in total. The van der Waals surface area contributed by atoms with E-state index in [0.29, 0.717) is 36.8 Å². The van der Waals surface area contributed by atoms with Crippen molar-refractivity contribution in [2.75, 3.05) is 26.2 Å². The van der Waals surface area contributed by atoms with Crippen LogP contribution in [-0.2, 0) is 4.79 Å². The predicted octanol–water partition coefficient (Wildman–Crippen LogP) is 2.96. The van der Waals surface area contributed by atoms with Crippen molar-refractivity contribution in [1.82, 2.24) is 14.8 Å². The highest BCUT2D eigenvalue weighted by Gasteiger charge is 2.34. The van der Waals surface area contributed by atoms with Crippen molar-refractivity contribution < 1.29 is 14.3 Å². The molecule has 2 aliphatic rings. The summed E-state index contributed by atoms with van der Waals surface area (Å²) in [6.07, 6.45) is 4.41. The quantitative estimate of drug-likeness (QED) is 0.836. The predicted molar refractivity (Wildman–Crippen MR) is 101 cm³/mol. The van der Waals surface area contributed by atoms with E-state index in [2.05, 4.69) is 4.98 Å². The molecule has 6 heteroatoms. The van der Waals surface area contributed by atoms with Gasteiger partial charge in [0.1, 0.15) is 17.2 Å². The molecular formula is C21H23N3O3. The number of rotatable bonds is 4. The van der Waals surface area contributed by atoms with Crippen LogP contribution in [0.25, 0.3) is 0 Å². The van der Waals surface area contributed by atoms with Crippen LogP contribution in [0.15, 0.2) is 48.7 Å². The fourth-order valence-corrected chi connectivity index (χ4v) is 3.31. The summed E-state index contributed by atoms with van der Waals surface area (Å²) < 4.78 is 5.80. The number of amides is 2. The zero-order valence-corrected chi connectivity index (χ0v) is 15.2. The topological polar surface area (TPSA) is 62.7 Å². The Labute approximate surface area is 158 Å². The third-order valence-corrected chi connectivity index (χ3v) is 4.95. The lowest BCUT2D eigenvalue weighted by atomic mass is 10.2. The SMILES string of the molecule is O=C(c1cc(Oc2ccccc2)ccn1)N1CCCN(C(=O)C2CC2)CC1. The smallest absolute Gasteiger partial charge is 0.272 e. The second-order valence-corrected chi connectivity index (χ2v) is 7.04. The van der Waals surface area contributed by atoms with Gasteiger partial charge in [-0.3, -0.25) is 14.6 Å². The molecule has 0 spiro atoms. The summed E-state index contributed by atoms with van der Waals surface area (Å²) >= 11 is 0. The van der Waals surface area contributed by atoms with Crippen molar-refractivity contribution >= 4 is 11.8 Å². The molecule has 1 aromatic carbocycles. The molecule has 2 fully saturated rings. The van der Waals surface area contributed by atoms with Crippen LogP contribution in [0, 0.1) is 5.92 Å². The molecular weight excluding hydrogens is 342 g/mol. The summed E-state index contributed by atoms with van der Waals surface area (Å²) in [4.78, 5) is 33.1. The van der Waals surface area contributed by atoms with Gasteiger partial charge >= 0.3 is 0 Å². The lowest BCUT2D eigenvalue weighted by Crippen LogP contribution is -2.38. The number of carbonyl (C=O) groups excluding carboxylic acids is 2. The van der Waals surface area contributed by atoms with E-state index in [9.17, 15) is 9.59 Å². The van der Waals surface area contributed by atoms with Crippen LogP contribution in [0.3, 0.4) is 0 Å². The molecule has 1 aromatic heterocycles. The van der Waals surface area contributed by atoms with Crippen molar-refractivity contribution in [2.24, 2.45) is 5.92 Å². The molecule has 0 radical (unpaired) electrons. The second kappa shape index (κ2) is 7.78. The van der Waals surface area contributed by atoms with Crippen LogP contribution in [0.2, 0.25) is 0 Å². The molecule has 1 aliphatic heterocycles. The van der Waals surface area contributed by atoms with Crippen molar-refractivity contribution in [3.05, 3.63) is 54.4 Å². The van der Waals surface area contributed by atoms with Gasteiger partial charge in [0.25, 0.3) is 5.91 Å². The maximum Gasteiger partial charge on any atom is 0.272 e. The van der Waals surface area contributed by atoms with E-state index in [-0.39, 0.29) is 17.7 Å². The number of hydrogen-bond acceptors (Lipinski definition) is 4. The first-order valence-electron chi connectivity index (χ1n) is 9.48. The third kappa shape index (κ3) is 4.27. The number of benzene rings is 1. The number of nitrogens with zero attached hydrogens (tertiary/aromatic N) is 3. The zero-order valence-electron chi connectivity index (χ0n) is 15.2. The molecule has 6 nitrogen and oxygen atoms in total. The minimum atomic E-state index is -0.116. The Morgan fingerprint density at radius 2 is 1.67 bits per heavy atom. The molecule has 1 aliphatic carbocycles. The van der Waals surface area contributed by atoms with Crippen LogP contribution in [0.4, 0.5) is 0 Å². The number of carbonyl (C=O) groups is 2. The first-order valence-corrected chi connectivity index (χ1v) is 9.48. The lowest BCUT2D eigenvalue weighted by molar-refractivity contribution is -0.132. The van der Waals surface area contributed by atoms with Gasteiger partial charge in [0.2, 0.25) is 5.91 Å². The maximum absolute atomic E-state index is 12.9. The van der Waals surface area contributed by atoms with Gasteiger partial charge in [-0.15, -0.1) is 0 Å². The summed E-state index contributed by atoms with van der Waals surface area (Å²) in [6, 6.07) is 12.9. The van der Waals surface area contributed by atoms with Crippen LogP contribution >= 0.6 is 0 Å². The van der Waals surface area contributed by atoms with Gasteiger partial charge in [-0.1, -0.05) is 18.2 Å². The third-order valence-electron chi connectivity index (χ3n) is 4.95. The Morgan fingerprint density at radius 1 is 0.926 bits per heavy atom. The summed E-state index contributed by atoms with van der Waals surface area (Å²) in [5.41, 5.74) is 0.366. The highest BCUT2D eigenvalue weighted by Crippen LogP contribution is 2.31. The molecule has 0 bridgehead atoms. The van der Waals surface area contributed by atoms with E-state index in [1.54, 1.807) is 23.2 Å². The fraction of sp³-hybridized carbons (Fsp3) is 0.381. The number of para-hydroxylation sites is 1. The Bertz CT molecular complexity index is 820. The van der Waals surface area contributed by atoms with Crippen molar-refractivity contribution in [3.63, 3.8) is 0 Å². The van der Waals surface area contributed by atoms with E-state index in [4.69, 9.17) is 4.74 Å². The van der Waals surface area contributed by atoms with Gasteiger partial charge < -0.3 is 14.5 Å². The monoisotopic (exact) mass is 365 g/mol. The molecule has 2 aromatic rings. The Balaban J connectivity index is 1.41. The Morgan fingerprint density at radius 3 is 2.44 bits per heavy atom. The molecule has 2 amide bonds. The Hall–Kier alpha value is -2.89. The molecule has 4 rings (SSSR count). The summed E-state index contributed by atoms with van der Waals surface area (Å²) in [5.74, 6) is 1.65. The normalized spacial score (nSPS) is 17.3. The fourth-order valence-electron chi connectivity index (χ4n) is 3.31. The first kappa shape index (κ1) is 17.5. The summed E-state index contributed by atoms with van der Waals surface area (Å²) in [5, 5.41) is 0. The van der Waals surface area contributed by atoms with E-state index >= 15 is 0 Å². The van der Waals surface area contributed by atoms with Crippen LogP contribution < -0.4 is 4.74 Å². The van der Waals surface area contributed by atoms with Crippen LogP contribution in [-0.4, -0.2) is 52.8 Å². The molecule has 1 saturated heterocycles. The maximum atomic E-state index is 12.9. The van der Waals surface area contributed by atoms with Gasteiger partial charge in [0, 0.05) is 44.4 Å². The number of aromatic nitrogens is 1. The van der Waals surface area contributed by atoms with Gasteiger partial charge in [-0.25, -0.2) is 0 Å². The minimum absolute atomic E-state index is 0.116. The first-order chi connectivity index (χ1) is 13.2. The van der Waals surface area contributed by atoms with Crippen LogP contribution in [0.5, 0.6) is 11.5 Å². The van der Waals surface area contributed by atoms with Crippen molar-refractivity contribution in [2.45, 2.75) is 19.3 Å². The Kier molecular flexibility index (Phi) is 5.05. The second-order valence-electron chi connectivity index (χ2n) is 7.04. The molecule has 1 saturated carbocycles. The highest BCUT2D eigenvalue weighted by atomic mass is 16.5. The van der Waals surface area contributed by atoms with E-state index in [1.807, 2.05) is 35.2 Å². The van der Waals surface area contributed by atoms with Gasteiger partial charge in [-0.05, 0) is 37.5 Å². The lowest BCUT2D eigenvalue weighted by Gasteiger charge is -2.22. The molecule has 0 atom stereocenters. The minimum Gasteiger partial charge on any atom is -0.457 e. The van der Waals surface area contributed by atoms with E-state index < -0.39 is 0 Å². The highest BCUT2D eigenvalue weighted by molar-refractivity contribution is 5.92. The van der Waals surface area contributed by atoms with Crippen molar-refractivity contribution in [1.29, 1.82) is 0 Å². The average molecular weight is 365 g/mol. The molecule has 27 heavy (non-hydrogen) atoms. The molecule has 140 valence electrons. The van der Waals surface area contributed by atoms with E-state index in [1.165, 1.54) is 0 Å². The van der Waals surface area contributed by atoms with Crippen molar-refractivity contribution in [3.8, 4) is 11.5 Å². The molecule has 0 unspecified atom stereocenters.